The Kier molecular flexibility index (Phi) is 3.74. The van der Waals surface area contributed by atoms with E-state index < -0.39 is 0 Å². The van der Waals surface area contributed by atoms with Gasteiger partial charge in [0.05, 0.1) is 18.0 Å². The molecule has 1 aliphatic rings. The minimum absolute atomic E-state index is 0.465. The second-order valence-electron chi connectivity index (χ2n) is 4.31. The summed E-state index contributed by atoms with van der Waals surface area (Å²) in [5, 5.41) is 3.50. The topological polar surface area (TPSA) is 60.2 Å². The molecule has 0 saturated heterocycles. The lowest BCUT2D eigenvalue weighted by Crippen LogP contribution is -2.45. The molecule has 0 aromatic carbocycles. The van der Waals surface area contributed by atoms with Crippen molar-refractivity contribution < 1.29 is 4.74 Å². The van der Waals surface area contributed by atoms with Gasteiger partial charge in [0.15, 0.2) is 0 Å². The number of methoxy groups -OCH3 is 1. The van der Waals surface area contributed by atoms with E-state index in [-0.39, 0.29) is 0 Å². The lowest BCUT2D eigenvalue weighted by Gasteiger charge is -2.34. The maximum atomic E-state index is 5.57. The molecule has 4 nitrogen and oxygen atoms in total. The van der Waals surface area contributed by atoms with Crippen LogP contribution in [0.2, 0.25) is 0 Å². The fourth-order valence-electron chi connectivity index (χ4n) is 1.91. The third-order valence-electron chi connectivity index (χ3n) is 3.09. The van der Waals surface area contributed by atoms with E-state index in [0.717, 1.165) is 37.2 Å². The summed E-state index contributed by atoms with van der Waals surface area (Å²) in [6, 6.07) is 4.50. The molecule has 0 bridgehead atoms. The molecule has 2 rings (SSSR count). The number of pyridine rings is 1. The highest BCUT2D eigenvalue weighted by atomic mass is 16.5. The van der Waals surface area contributed by atoms with Crippen LogP contribution in [0.15, 0.2) is 18.3 Å². The first kappa shape index (κ1) is 11.4. The molecule has 88 valence electrons. The zero-order valence-electron chi connectivity index (χ0n) is 9.65. The first-order valence-corrected chi connectivity index (χ1v) is 5.74. The maximum absolute atomic E-state index is 5.57. The van der Waals surface area contributed by atoms with E-state index in [4.69, 9.17) is 10.5 Å². The van der Waals surface area contributed by atoms with Crippen LogP contribution in [0.3, 0.4) is 0 Å². The number of ether oxygens (including phenoxy) is 1. The summed E-state index contributed by atoms with van der Waals surface area (Å²) in [6.45, 7) is 0.970. The molecule has 0 radical (unpaired) electrons. The minimum Gasteiger partial charge on any atom is -0.397 e. The second kappa shape index (κ2) is 5.27. The van der Waals surface area contributed by atoms with Crippen LogP contribution in [0, 0.1) is 0 Å². The van der Waals surface area contributed by atoms with Crippen LogP contribution in [-0.2, 0) is 11.2 Å². The quantitative estimate of drug-likeness (QED) is 0.778. The predicted molar refractivity (Wildman–Crippen MR) is 64.2 cm³/mol. The summed E-state index contributed by atoms with van der Waals surface area (Å²) >= 11 is 0. The molecule has 3 N–H and O–H groups in total. The van der Waals surface area contributed by atoms with E-state index in [1.807, 2.05) is 12.1 Å². The largest absolute Gasteiger partial charge is 0.397 e. The molecule has 4 heteroatoms. The van der Waals surface area contributed by atoms with E-state index in [0.29, 0.717) is 12.1 Å². The van der Waals surface area contributed by atoms with E-state index >= 15 is 0 Å². The summed E-state index contributed by atoms with van der Waals surface area (Å²) in [5.74, 6) is 0. The van der Waals surface area contributed by atoms with Crippen molar-refractivity contribution in [2.75, 3.05) is 19.4 Å². The zero-order chi connectivity index (χ0) is 11.4. The van der Waals surface area contributed by atoms with Crippen LogP contribution in [0.25, 0.3) is 0 Å². The van der Waals surface area contributed by atoms with Crippen molar-refractivity contribution in [1.82, 2.24) is 10.3 Å². The van der Waals surface area contributed by atoms with Crippen LogP contribution in [0.4, 0.5) is 5.69 Å². The van der Waals surface area contributed by atoms with E-state index in [9.17, 15) is 0 Å². The van der Waals surface area contributed by atoms with Gasteiger partial charge >= 0.3 is 0 Å². The number of nitrogens with two attached hydrogens (primary N) is 1. The summed E-state index contributed by atoms with van der Waals surface area (Å²) in [4.78, 5) is 4.26. The molecular formula is C12H19N3O. The Balaban J connectivity index is 1.63. The second-order valence-corrected chi connectivity index (χ2v) is 4.31. The highest BCUT2D eigenvalue weighted by Crippen LogP contribution is 2.22. The molecule has 1 aromatic rings. The van der Waals surface area contributed by atoms with Crippen molar-refractivity contribution in [2.45, 2.75) is 31.4 Å². The fourth-order valence-corrected chi connectivity index (χ4v) is 1.91. The van der Waals surface area contributed by atoms with Crippen molar-refractivity contribution in [3.05, 3.63) is 24.0 Å². The van der Waals surface area contributed by atoms with Crippen LogP contribution < -0.4 is 11.1 Å². The number of aromatic nitrogens is 1. The first-order valence-electron chi connectivity index (χ1n) is 5.74. The van der Waals surface area contributed by atoms with Gasteiger partial charge in [0, 0.05) is 31.8 Å². The molecule has 1 aliphatic carbocycles. The molecule has 0 spiro atoms. The number of hydrogen-bond acceptors (Lipinski definition) is 4. The van der Waals surface area contributed by atoms with Gasteiger partial charge in [0.1, 0.15) is 0 Å². The number of rotatable bonds is 5. The molecular weight excluding hydrogens is 202 g/mol. The SMILES string of the molecule is COC1CC(NCCc2ccc(N)cn2)C1. The normalized spacial score (nSPS) is 24.1. The third kappa shape index (κ3) is 2.93. The van der Waals surface area contributed by atoms with E-state index in [2.05, 4.69) is 10.3 Å². The lowest BCUT2D eigenvalue weighted by atomic mass is 9.89. The van der Waals surface area contributed by atoms with Gasteiger partial charge in [-0.3, -0.25) is 4.98 Å². The molecule has 0 atom stereocenters. The van der Waals surface area contributed by atoms with Crippen LogP contribution in [0.5, 0.6) is 0 Å². The number of nitrogen functional groups attached to an aromatic ring is 1. The van der Waals surface area contributed by atoms with Crippen LogP contribution in [-0.4, -0.2) is 30.8 Å². The average Bonchev–Trinajstić information content (AvgIpc) is 2.24. The summed E-state index contributed by atoms with van der Waals surface area (Å²) in [5.41, 5.74) is 7.38. The number of anilines is 1. The van der Waals surface area contributed by atoms with Gasteiger partial charge in [0.2, 0.25) is 0 Å². The Labute approximate surface area is 96.2 Å². The molecule has 1 aromatic heterocycles. The molecule has 1 saturated carbocycles. The number of nitrogens with zero attached hydrogens (tertiary/aromatic N) is 1. The van der Waals surface area contributed by atoms with E-state index in [1.165, 1.54) is 0 Å². The predicted octanol–water partition coefficient (Wildman–Crippen LogP) is 0.973. The standard InChI is InChI=1S/C12H19N3O/c1-16-12-6-11(7-12)14-5-4-10-3-2-9(13)8-15-10/h2-3,8,11-12,14H,4-7,13H2,1H3. The van der Waals surface area contributed by atoms with Crippen LogP contribution >= 0.6 is 0 Å². The Morgan fingerprint density at radius 3 is 2.94 bits per heavy atom. The molecule has 16 heavy (non-hydrogen) atoms. The molecule has 1 fully saturated rings. The third-order valence-corrected chi connectivity index (χ3v) is 3.09. The van der Waals surface area contributed by atoms with Crippen LogP contribution in [0.1, 0.15) is 18.5 Å². The smallest absolute Gasteiger partial charge is 0.0601 e. The van der Waals surface area contributed by atoms with Gasteiger partial charge in [-0.05, 0) is 25.0 Å². The zero-order valence-corrected chi connectivity index (χ0v) is 9.65. The molecule has 0 aliphatic heterocycles. The Hall–Kier alpha value is -1.13. The summed E-state index contributed by atoms with van der Waals surface area (Å²) < 4.78 is 5.23. The number of nitrogens with one attached hydrogen (secondary N) is 1. The Morgan fingerprint density at radius 1 is 1.50 bits per heavy atom. The molecule has 0 amide bonds. The Bertz CT molecular complexity index is 320. The monoisotopic (exact) mass is 221 g/mol. The Morgan fingerprint density at radius 2 is 2.31 bits per heavy atom. The molecule has 1 heterocycles. The molecule has 0 unspecified atom stereocenters. The van der Waals surface area contributed by atoms with E-state index in [1.54, 1.807) is 13.3 Å². The van der Waals surface area contributed by atoms with Gasteiger partial charge in [-0.2, -0.15) is 0 Å². The average molecular weight is 221 g/mol. The van der Waals surface area contributed by atoms with Gasteiger partial charge in [0.25, 0.3) is 0 Å². The van der Waals surface area contributed by atoms with Gasteiger partial charge in [-0.15, -0.1) is 0 Å². The van der Waals surface area contributed by atoms with Crippen molar-refractivity contribution in [3.8, 4) is 0 Å². The van der Waals surface area contributed by atoms with Crippen molar-refractivity contribution in [2.24, 2.45) is 0 Å². The van der Waals surface area contributed by atoms with Gasteiger partial charge < -0.3 is 15.8 Å². The van der Waals surface area contributed by atoms with Crippen molar-refractivity contribution >= 4 is 5.69 Å². The lowest BCUT2D eigenvalue weighted by molar-refractivity contribution is 0.0177. The summed E-state index contributed by atoms with van der Waals surface area (Å²) in [7, 11) is 1.78. The van der Waals surface area contributed by atoms with Gasteiger partial charge in [-0.25, -0.2) is 0 Å². The van der Waals surface area contributed by atoms with Gasteiger partial charge in [-0.1, -0.05) is 0 Å². The van der Waals surface area contributed by atoms with Crippen molar-refractivity contribution in [1.29, 1.82) is 0 Å². The van der Waals surface area contributed by atoms with Crippen molar-refractivity contribution in [3.63, 3.8) is 0 Å². The first-order chi connectivity index (χ1) is 7.78. The fraction of sp³-hybridized carbons (Fsp3) is 0.583. The minimum atomic E-state index is 0.465. The maximum Gasteiger partial charge on any atom is 0.0601 e. The summed E-state index contributed by atoms with van der Waals surface area (Å²) in [6.07, 6.45) is 5.39. The number of hydrogen-bond donors (Lipinski definition) is 2. The highest BCUT2D eigenvalue weighted by Gasteiger charge is 2.27. The highest BCUT2D eigenvalue weighted by molar-refractivity contribution is 5.34.